The van der Waals surface area contributed by atoms with Crippen molar-refractivity contribution in [2.45, 2.75) is 63.1 Å². The lowest BCUT2D eigenvalue weighted by Crippen LogP contribution is -2.41. The summed E-state index contributed by atoms with van der Waals surface area (Å²) in [4.78, 5) is 16.7. The lowest BCUT2D eigenvalue weighted by molar-refractivity contribution is -0.134. The normalized spacial score (nSPS) is 16.7. The largest absolute Gasteiger partial charge is 0.365 e. The number of aryl methyl sites for hydroxylation is 1. The maximum Gasteiger partial charge on any atom is 0.266 e. The Kier molecular flexibility index (Phi) is 5.58. The van der Waals surface area contributed by atoms with Gasteiger partial charge in [0.2, 0.25) is 0 Å². The first-order valence-electron chi connectivity index (χ1n) is 8.98. The van der Waals surface area contributed by atoms with Gasteiger partial charge < -0.3 is 4.74 Å². The van der Waals surface area contributed by atoms with Gasteiger partial charge in [0, 0.05) is 11.6 Å². The molecular weight excluding hydrogens is 352 g/mol. The van der Waals surface area contributed by atoms with Crippen LogP contribution in [0.3, 0.4) is 0 Å². The third-order valence-electron chi connectivity index (χ3n) is 4.66. The molecule has 0 bridgehead atoms. The smallest absolute Gasteiger partial charge is 0.266 e. The van der Waals surface area contributed by atoms with E-state index >= 15 is 0 Å². The molecule has 1 saturated carbocycles. The van der Waals surface area contributed by atoms with Gasteiger partial charge in [-0.25, -0.2) is 13.1 Å². The summed E-state index contributed by atoms with van der Waals surface area (Å²) in [7, 11) is -4.03. The third-order valence-corrected chi connectivity index (χ3v) is 6.04. The Labute approximate surface area is 154 Å². The topological polar surface area (TPSA) is 85.4 Å². The summed E-state index contributed by atoms with van der Waals surface area (Å²) in [6, 6.07) is 6.77. The molecule has 1 unspecified atom stereocenters. The van der Waals surface area contributed by atoms with Crippen LogP contribution in [-0.4, -0.2) is 31.5 Å². The van der Waals surface area contributed by atoms with Gasteiger partial charge in [-0.1, -0.05) is 31.9 Å². The number of pyridine rings is 1. The third kappa shape index (κ3) is 4.04. The SMILES string of the molecule is CCC(OC1CCCC1)C(=O)NS(=O)(=O)c1cccc2cc(C)cnc12. The fourth-order valence-electron chi connectivity index (χ4n) is 3.31. The number of benzene rings is 1. The average molecular weight is 376 g/mol. The zero-order valence-electron chi connectivity index (χ0n) is 15.1. The van der Waals surface area contributed by atoms with Crippen LogP contribution in [0.5, 0.6) is 0 Å². The number of para-hydroxylation sites is 1. The van der Waals surface area contributed by atoms with Gasteiger partial charge in [0.15, 0.2) is 0 Å². The molecular formula is C19H24N2O4S. The first-order chi connectivity index (χ1) is 12.4. The van der Waals surface area contributed by atoms with Crippen molar-refractivity contribution < 1.29 is 17.9 Å². The Morgan fingerprint density at radius 2 is 2.08 bits per heavy atom. The maximum absolute atomic E-state index is 12.8. The number of hydrogen-bond acceptors (Lipinski definition) is 5. The van der Waals surface area contributed by atoms with Crippen LogP contribution >= 0.6 is 0 Å². The molecule has 26 heavy (non-hydrogen) atoms. The Balaban J connectivity index is 1.82. The first-order valence-corrected chi connectivity index (χ1v) is 10.5. The molecule has 3 rings (SSSR count). The quantitative estimate of drug-likeness (QED) is 0.837. The summed E-state index contributed by atoms with van der Waals surface area (Å²) >= 11 is 0. The number of nitrogens with one attached hydrogen (secondary N) is 1. The second-order valence-corrected chi connectivity index (χ2v) is 8.40. The predicted molar refractivity (Wildman–Crippen MR) is 99.2 cm³/mol. The monoisotopic (exact) mass is 376 g/mol. The molecule has 1 aliphatic rings. The van der Waals surface area contributed by atoms with Crippen molar-refractivity contribution in [2.24, 2.45) is 0 Å². The molecule has 0 spiro atoms. The van der Waals surface area contributed by atoms with Gasteiger partial charge in [0.05, 0.1) is 11.6 Å². The van der Waals surface area contributed by atoms with Crippen LogP contribution in [0.2, 0.25) is 0 Å². The maximum atomic E-state index is 12.8. The number of sulfonamides is 1. The van der Waals surface area contributed by atoms with E-state index < -0.39 is 22.0 Å². The summed E-state index contributed by atoms with van der Waals surface area (Å²) in [5, 5.41) is 0.717. The fraction of sp³-hybridized carbons (Fsp3) is 0.474. The molecule has 1 aliphatic carbocycles. The Morgan fingerprint density at radius 3 is 2.77 bits per heavy atom. The van der Waals surface area contributed by atoms with E-state index in [-0.39, 0.29) is 11.0 Å². The van der Waals surface area contributed by atoms with Gasteiger partial charge in [0.1, 0.15) is 11.0 Å². The zero-order valence-corrected chi connectivity index (χ0v) is 15.9. The van der Waals surface area contributed by atoms with Crippen molar-refractivity contribution in [3.63, 3.8) is 0 Å². The minimum Gasteiger partial charge on any atom is -0.365 e. The van der Waals surface area contributed by atoms with Gasteiger partial charge in [-0.15, -0.1) is 0 Å². The molecule has 7 heteroatoms. The van der Waals surface area contributed by atoms with Crippen LogP contribution in [0.4, 0.5) is 0 Å². The molecule has 140 valence electrons. The second-order valence-electron chi connectivity index (χ2n) is 6.75. The lowest BCUT2D eigenvalue weighted by atomic mass is 10.2. The molecule has 1 atom stereocenters. The minimum absolute atomic E-state index is 0.000862. The Hall–Kier alpha value is -1.99. The number of aromatic nitrogens is 1. The van der Waals surface area contributed by atoms with Crippen molar-refractivity contribution >= 4 is 26.8 Å². The molecule has 2 aromatic rings. The van der Waals surface area contributed by atoms with Gasteiger partial charge in [0.25, 0.3) is 15.9 Å². The molecule has 6 nitrogen and oxygen atoms in total. The Bertz CT molecular complexity index is 905. The van der Waals surface area contributed by atoms with Crippen molar-refractivity contribution in [2.75, 3.05) is 0 Å². The highest BCUT2D eigenvalue weighted by Gasteiger charge is 2.28. The highest BCUT2D eigenvalue weighted by atomic mass is 32.2. The average Bonchev–Trinajstić information content (AvgIpc) is 3.11. The van der Waals surface area contributed by atoms with E-state index in [2.05, 4.69) is 9.71 Å². The van der Waals surface area contributed by atoms with E-state index in [1.54, 1.807) is 18.3 Å². The van der Waals surface area contributed by atoms with Gasteiger partial charge in [-0.2, -0.15) is 0 Å². The summed E-state index contributed by atoms with van der Waals surface area (Å²) in [6.45, 7) is 3.70. The first kappa shape index (κ1) is 18.8. The van der Waals surface area contributed by atoms with Crippen molar-refractivity contribution in [3.05, 3.63) is 36.0 Å². The van der Waals surface area contributed by atoms with Crippen LogP contribution in [0.15, 0.2) is 35.4 Å². The molecule has 1 heterocycles. The summed E-state index contributed by atoms with van der Waals surface area (Å²) in [5.41, 5.74) is 1.29. The van der Waals surface area contributed by atoms with E-state index in [0.29, 0.717) is 11.9 Å². The number of carbonyl (C=O) groups is 1. The second kappa shape index (κ2) is 7.72. The van der Waals surface area contributed by atoms with E-state index in [9.17, 15) is 13.2 Å². The molecule has 1 N–H and O–H groups in total. The molecule has 1 aromatic carbocycles. The summed E-state index contributed by atoms with van der Waals surface area (Å²) in [6.07, 6.45) is 5.32. The van der Waals surface area contributed by atoms with E-state index in [1.165, 1.54) is 6.07 Å². The van der Waals surface area contributed by atoms with Gasteiger partial charge >= 0.3 is 0 Å². The Morgan fingerprint density at radius 1 is 1.35 bits per heavy atom. The minimum atomic E-state index is -4.03. The molecule has 0 aliphatic heterocycles. The van der Waals surface area contributed by atoms with Crippen molar-refractivity contribution in [1.82, 2.24) is 9.71 Å². The molecule has 1 fully saturated rings. The number of amides is 1. The van der Waals surface area contributed by atoms with Gasteiger partial charge in [-0.05, 0) is 43.9 Å². The van der Waals surface area contributed by atoms with E-state index in [0.717, 1.165) is 36.6 Å². The molecule has 0 radical (unpaired) electrons. The molecule has 1 amide bonds. The number of nitrogens with zero attached hydrogens (tertiary/aromatic N) is 1. The van der Waals surface area contributed by atoms with Crippen LogP contribution < -0.4 is 4.72 Å². The van der Waals surface area contributed by atoms with Crippen molar-refractivity contribution in [3.8, 4) is 0 Å². The molecule has 0 saturated heterocycles. The van der Waals surface area contributed by atoms with Crippen molar-refractivity contribution in [1.29, 1.82) is 0 Å². The van der Waals surface area contributed by atoms with Crippen LogP contribution in [0, 0.1) is 6.92 Å². The number of ether oxygens (including phenoxy) is 1. The highest BCUT2D eigenvalue weighted by molar-refractivity contribution is 7.90. The van der Waals surface area contributed by atoms with Crippen LogP contribution in [0.25, 0.3) is 10.9 Å². The van der Waals surface area contributed by atoms with Gasteiger partial charge in [-0.3, -0.25) is 9.78 Å². The zero-order chi connectivity index (χ0) is 18.7. The number of carbonyl (C=O) groups excluding carboxylic acids is 1. The summed E-state index contributed by atoms with van der Waals surface area (Å²) in [5.74, 6) is -0.622. The predicted octanol–water partition coefficient (Wildman–Crippen LogP) is 3.09. The summed E-state index contributed by atoms with van der Waals surface area (Å²) < 4.78 is 33.5. The molecule has 1 aromatic heterocycles. The number of fused-ring (bicyclic) bond motifs is 1. The highest BCUT2D eigenvalue weighted by Crippen LogP contribution is 2.24. The standard InChI is InChI=1S/C19H24N2O4S/c1-3-16(25-15-8-4-5-9-15)19(22)21-26(23,24)17-10-6-7-14-11-13(2)12-20-18(14)17/h6-7,10-12,15-16H,3-5,8-9H2,1-2H3,(H,21,22). The lowest BCUT2D eigenvalue weighted by Gasteiger charge is -2.20. The van der Waals surface area contributed by atoms with E-state index in [4.69, 9.17) is 4.74 Å². The van der Waals surface area contributed by atoms with Crippen LogP contribution in [0.1, 0.15) is 44.6 Å². The fourth-order valence-corrected chi connectivity index (χ4v) is 4.50. The number of rotatable bonds is 6. The number of hydrogen-bond donors (Lipinski definition) is 1. The van der Waals surface area contributed by atoms with E-state index in [1.807, 2.05) is 19.9 Å². The van der Waals surface area contributed by atoms with Crippen LogP contribution in [-0.2, 0) is 19.6 Å².